The van der Waals surface area contributed by atoms with Gasteiger partial charge in [0.15, 0.2) is 0 Å². The molecule has 2 aromatic carbocycles. The number of benzene rings is 2. The van der Waals surface area contributed by atoms with E-state index in [4.69, 9.17) is 28.9 Å². The van der Waals surface area contributed by atoms with Gasteiger partial charge in [0.25, 0.3) is 0 Å². The van der Waals surface area contributed by atoms with Crippen LogP contribution in [0.25, 0.3) is 0 Å². The third kappa shape index (κ3) is 3.41. The molecule has 0 spiro atoms. The van der Waals surface area contributed by atoms with Crippen molar-refractivity contribution in [2.45, 2.75) is 18.8 Å². The van der Waals surface area contributed by atoms with Crippen LogP contribution in [-0.4, -0.2) is 18.3 Å². The largest absolute Gasteiger partial charge is 0.395 e. The zero-order valence-corrected chi connectivity index (χ0v) is 13.5. The fraction of sp³-hybridized carbons (Fsp3) is 0.294. The molecule has 0 saturated heterocycles. The fourth-order valence-electron chi connectivity index (χ4n) is 2.45. The van der Waals surface area contributed by atoms with E-state index in [0.717, 1.165) is 11.1 Å². The summed E-state index contributed by atoms with van der Waals surface area (Å²) in [5, 5.41) is 11.2. The molecule has 0 amide bonds. The predicted octanol–water partition coefficient (Wildman–Crippen LogP) is 3.73. The lowest BCUT2D eigenvalue weighted by atomic mass is 9.76. The fourth-order valence-corrected chi connectivity index (χ4v) is 2.98. The van der Waals surface area contributed by atoms with Gasteiger partial charge in [0.05, 0.1) is 6.61 Å². The van der Waals surface area contributed by atoms with E-state index >= 15 is 0 Å². The van der Waals surface area contributed by atoms with E-state index in [1.807, 2.05) is 37.3 Å². The average molecular weight is 324 g/mol. The van der Waals surface area contributed by atoms with E-state index in [1.165, 1.54) is 5.56 Å². The number of aryl methyl sites for hydroxylation is 1. The van der Waals surface area contributed by atoms with Crippen molar-refractivity contribution in [3.05, 3.63) is 69.2 Å². The number of hydrogen-bond donors (Lipinski definition) is 2. The number of hydrogen-bond acceptors (Lipinski definition) is 2. The second kappa shape index (κ2) is 6.80. The standard InChI is InChI=1S/C17H19Cl2NO/c1-12-5-7-13(8-6-12)17(10-20,11-21)9-14-15(18)3-2-4-16(14)19/h2-8,21H,9-11,20H2,1H3. The Morgan fingerprint density at radius 1 is 1.05 bits per heavy atom. The molecule has 2 nitrogen and oxygen atoms in total. The minimum Gasteiger partial charge on any atom is -0.395 e. The molecule has 0 aromatic heterocycles. The summed E-state index contributed by atoms with van der Waals surface area (Å²) < 4.78 is 0. The molecule has 2 rings (SSSR count). The number of halogens is 2. The zero-order valence-electron chi connectivity index (χ0n) is 11.9. The molecule has 0 heterocycles. The summed E-state index contributed by atoms with van der Waals surface area (Å²) in [6.45, 7) is 2.28. The highest BCUT2D eigenvalue weighted by molar-refractivity contribution is 6.36. The Labute approximate surface area is 135 Å². The van der Waals surface area contributed by atoms with Crippen LogP contribution in [0.1, 0.15) is 16.7 Å². The predicted molar refractivity (Wildman–Crippen MR) is 89.2 cm³/mol. The Hall–Kier alpha value is -1.06. The van der Waals surface area contributed by atoms with Crippen molar-refractivity contribution < 1.29 is 5.11 Å². The highest BCUT2D eigenvalue weighted by Crippen LogP contribution is 2.34. The van der Waals surface area contributed by atoms with Crippen LogP contribution in [0.15, 0.2) is 42.5 Å². The molecule has 112 valence electrons. The van der Waals surface area contributed by atoms with Gasteiger partial charge < -0.3 is 10.8 Å². The number of rotatable bonds is 5. The summed E-state index contributed by atoms with van der Waals surface area (Å²) in [4.78, 5) is 0. The number of aliphatic hydroxyl groups excluding tert-OH is 1. The molecule has 0 aliphatic rings. The summed E-state index contributed by atoms with van der Waals surface area (Å²) in [6.07, 6.45) is 0.502. The number of nitrogens with two attached hydrogens (primary N) is 1. The van der Waals surface area contributed by atoms with Gasteiger partial charge in [-0.15, -0.1) is 0 Å². The second-order valence-corrected chi connectivity index (χ2v) is 6.20. The van der Waals surface area contributed by atoms with Gasteiger partial charge in [0, 0.05) is 22.0 Å². The summed E-state index contributed by atoms with van der Waals surface area (Å²) in [7, 11) is 0. The molecule has 0 radical (unpaired) electrons. The van der Waals surface area contributed by atoms with Crippen LogP contribution in [0.5, 0.6) is 0 Å². The molecule has 0 saturated carbocycles. The Morgan fingerprint density at radius 3 is 2.10 bits per heavy atom. The van der Waals surface area contributed by atoms with Crippen molar-refractivity contribution >= 4 is 23.2 Å². The summed E-state index contributed by atoms with van der Waals surface area (Å²) in [5.41, 5.74) is 8.39. The van der Waals surface area contributed by atoms with Gasteiger partial charge in [-0.2, -0.15) is 0 Å². The second-order valence-electron chi connectivity index (χ2n) is 5.39. The van der Waals surface area contributed by atoms with E-state index in [9.17, 15) is 5.11 Å². The average Bonchev–Trinajstić information content (AvgIpc) is 2.49. The van der Waals surface area contributed by atoms with E-state index < -0.39 is 5.41 Å². The van der Waals surface area contributed by atoms with Gasteiger partial charge in [-0.1, -0.05) is 59.1 Å². The highest BCUT2D eigenvalue weighted by Gasteiger charge is 2.32. The lowest BCUT2D eigenvalue weighted by Crippen LogP contribution is -2.41. The van der Waals surface area contributed by atoms with Gasteiger partial charge in [0.2, 0.25) is 0 Å². The maximum absolute atomic E-state index is 9.98. The zero-order chi connectivity index (χ0) is 15.5. The first-order chi connectivity index (χ1) is 10.0. The third-order valence-corrected chi connectivity index (χ3v) is 4.64. The third-order valence-electron chi connectivity index (χ3n) is 3.93. The topological polar surface area (TPSA) is 46.2 Å². The molecule has 1 unspecified atom stereocenters. The van der Waals surface area contributed by atoms with Crippen LogP contribution in [0.3, 0.4) is 0 Å². The van der Waals surface area contributed by atoms with Crippen LogP contribution in [0.4, 0.5) is 0 Å². The van der Waals surface area contributed by atoms with E-state index in [0.29, 0.717) is 23.0 Å². The molecule has 0 fully saturated rings. The maximum Gasteiger partial charge on any atom is 0.0543 e. The Morgan fingerprint density at radius 2 is 1.62 bits per heavy atom. The lowest BCUT2D eigenvalue weighted by molar-refractivity contribution is 0.196. The first-order valence-corrected chi connectivity index (χ1v) is 7.59. The van der Waals surface area contributed by atoms with E-state index in [-0.39, 0.29) is 6.61 Å². The first-order valence-electron chi connectivity index (χ1n) is 6.83. The number of aliphatic hydroxyl groups is 1. The normalized spacial score (nSPS) is 14.0. The van der Waals surface area contributed by atoms with Crippen LogP contribution < -0.4 is 5.73 Å². The molecular weight excluding hydrogens is 305 g/mol. The van der Waals surface area contributed by atoms with Gasteiger partial charge >= 0.3 is 0 Å². The Bertz CT molecular complexity index is 586. The summed E-state index contributed by atoms with van der Waals surface area (Å²) in [6, 6.07) is 13.5. The smallest absolute Gasteiger partial charge is 0.0543 e. The Balaban J connectivity index is 2.45. The molecule has 0 bridgehead atoms. The van der Waals surface area contributed by atoms with Crippen molar-refractivity contribution in [3.8, 4) is 0 Å². The molecule has 21 heavy (non-hydrogen) atoms. The van der Waals surface area contributed by atoms with Gasteiger partial charge in [-0.05, 0) is 36.6 Å². The molecular formula is C17H19Cl2NO. The van der Waals surface area contributed by atoms with Gasteiger partial charge in [0.1, 0.15) is 0 Å². The molecule has 0 aliphatic carbocycles. The molecule has 0 aliphatic heterocycles. The highest BCUT2D eigenvalue weighted by atomic mass is 35.5. The van der Waals surface area contributed by atoms with Gasteiger partial charge in [-0.25, -0.2) is 0 Å². The maximum atomic E-state index is 9.98. The van der Waals surface area contributed by atoms with Crippen LogP contribution >= 0.6 is 23.2 Å². The lowest BCUT2D eigenvalue weighted by Gasteiger charge is -2.32. The summed E-state index contributed by atoms with van der Waals surface area (Å²) >= 11 is 12.5. The Kier molecular flexibility index (Phi) is 5.28. The van der Waals surface area contributed by atoms with Crippen molar-refractivity contribution in [1.29, 1.82) is 0 Å². The van der Waals surface area contributed by atoms with Crippen molar-refractivity contribution in [2.75, 3.05) is 13.2 Å². The van der Waals surface area contributed by atoms with Crippen LogP contribution in [0, 0.1) is 6.92 Å². The van der Waals surface area contributed by atoms with Crippen LogP contribution in [-0.2, 0) is 11.8 Å². The first kappa shape index (κ1) is 16.3. The summed E-state index contributed by atoms with van der Waals surface area (Å²) in [5.74, 6) is 0. The van der Waals surface area contributed by atoms with Crippen molar-refractivity contribution in [3.63, 3.8) is 0 Å². The van der Waals surface area contributed by atoms with E-state index in [1.54, 1.807) is 12.1 Å². The van der Waals surface area contributed by atoms with Gasteiger partial charge in [-0.3, -0.25) is 0 Å². The quantitative estimate of drug-likeness (QED) is 0.880. The van der Waals surface area contributed by atoms with Crippen LogP contribution in [0.2, 0.25) is 10.0 Å². The minimum absolute atomic E-state index is 0.0614. The molecule has 3 N–H and O–H groups in total. The van der Waals surface area contributed by atoms with Crippen molar-refractivity contribution in [1.82, 2.24) is 0 Å². The molecule has 4 heteroatoms. The molecule has 2 aromatic rings. The molecule has 1 atom stereocenters. The van der Waals surface area contributed by atoms with E-state index in [2.05, 4.69) is 0 Å². The van der Waals surface area contributed by atoms with Crippen molar-refractivity contribution in [2.24, 2.45) is 5.73 Å². The minimum atomic E-state index is -0.581. The SMILES string of the molecule is Cc1ccc(C(CN)(CO)Cc2c(Cl)cccc2Cl)cc1. The monoisotopic (exact) mass is 323 g/mol.